The van der Waals surface area contributed by atoms with Gasteiger partial charge in [-0.3, -0.25) is 4.79 Å². The van der Waals surface area contributed by atoms with Crippen molar-refractivity contribution in [1.82, 2.24) is 14.5 Å². The third kappa shape index (κ3) is 5.65. The maximum atomic E-state index is 13.9. The molecule has 8 nitrogen and oxygen atoms in total. The van der Waals surface area contributed by atoms with E-state index in [-0.39, 0.29) is 11.8 Å². The van der Waals surface area contributed by atoms with Crippen LogP contribution in [-0.4, -0.2) is 50.3 Å². The largest absolute Gasteiger partial charge is 0.490 e. The van der Waals surface area contributed by atoms with Crippen molar-refractivity contribution in [3.8, 4) is 5.88 Å². The molecule has 0 radical (unpaired) electrons. The Morgan fingerprint density at radius 1 is 1.19 bits per heavy atom. The van der Waals surface area contributed by atoms with Crippen molar-refractivity contribution < 1.29 is 41.4 Å². The molecule has 4 heterocycles. The van der Waals surface area contributed by atoms with E-state index in [9.17, 15) is 22.4 Å². The number of nitrogens with zero attached hydrogens (tertiary/aromatic N) is 3. The van der Waals surface area contributed by atoms with Gasteiger partial charge < -0.3 is 23.7 Å². The van der Waals surface area contributed by atoms with Crippen molar-refractivity contribution in [1.29, 1.82) is 0 Å². The lowest BCUT2D eigenvalue weighted by atomic mass is 10.2. The standard InChI is InChI=1S/C18H16FN3O3.C2HF3O2/c19-16-4-1-6-20-17(16)25-15-10-21-7-2-3-14(21)9-22(11-15)18(23)13-5-8-24-12-13;3-2(4,5)1(6)7/h1-8,12,15H,9-11H2;(H,6,7). The molecule has 1 aliphatic rings. The number of aromatic nitrogens is 2. The van der Waals surface area contributed by atoms with Gasteiger partial charge in [0.25, 0.3) is 11.8 Å². The van der Waals surface area contributed by atoms with E-state index >= 15 is 0 Å². The summed E-state index contributed by atoms with van der Waals surface area (Å²) in [7, 11) is 0. The average Bonchev–Trinajstić information content (AvgIpc) is 3.38. The van der Waals surface area contributed by atoms with E-state index in [4.69, 9.17) is 19.1 Å². The number of alkyl halides is 3. The van der Waals surface area contributed by atoms with Gasteiger partial charge in [0.1, 0.15) is 12.4 Å². The first-order chi connectivity index (χ1) is 15.1. The first-order valence-corrected chi connectivity index (χ1v) is 9.18. The minimum Gasteiger partial charge on any atom is -0.475 e. The normalized spacial score (nSPS) is 15.8. The van der Waals surface area contributed by atoms with Crippen molar-refractivity contribution in [2.24, 2.45) is 0 Å². The zero-order valence-electron chi connectivity index (χ0n) is 16.3. The molecule has 1 atom stereocenters. The molecule has 3 aromatic heterocycles. The molecule has 1 amide bonds. The Morgan fingerprint density at radius 3 is 2.56 bits per heavy atom. The highest BCUT2D eigenvalue weighted by Gasteiger charge is 2.38. The van der Waals surface area contributed by atoms with Crippen LogP contribution in [0.15, 0.2) is 59.7 Å². The summed E-state index contributed by atoms with van der Waals surface area (Å²) in [5, 5.41) is 7.12. The number of halogens is 4. The third-order valence-electron chi connectivity index (χ3n) is 4.40. The van der Waals surface area contributed by atoms with Crippen molar-refractivity contribution in [3.05, 3.63) is 72.3 Å². The second kappa shape index (κ2) is 9.54. The fourth-order valence-electron chi connectivity index (χ4n) is 2.97. The Balaban J connectivity index is 0.000000360. The number of pyridine rings is 1. The van der Waals surface area contributed by atoms with Gasteiger partial charge in [0.15, 0.2) is 5.82 Å². The van der Waals surface area contributed by atoms with E-state index in [0.717, 1.165) is 5.69 Å². The van der Waals surface area contributed by atoms with Crippen LogP contribution in [0.2, 0.25) is 0 Å². The Morgan fingerprint density at radius 2 is 1.94 bits per heavy atom. The van der Waals surface area contributed by atoms with Gasteiger partial charge in [-0.25, -0.2) is 14.2 Å². The lowest BCUT2D eigenvalue weighted by Gasteiger charge is -2.24. The second-order valence-electron chi connectivity index (χ2n) is 6.68. The number of hydrogen-bond donors (Lipinski definition) is 1. The van der Waals surface area contributed by atoms with E-state index in [1.165, 1.54) is 30.9 Å². The number of fused-ring (bicyclic) bond motifs is 1. The summed E-state index contributed by atoms with van der Waals surface area (Å²) in [5.74, 6) is -3.49. The number of carboxylic acid groups (broad SMARTS) is 1. The lowest BCUT2D eigenvalue weighted by Crippen LogP contribution is -2.38. The number of ether oxygens (including phenoxy) is 1. The van der Waals surface area contributed by atoms with Gasteiger partial charge in [-0.1, -0.05) is 0 Å². The predicted octanol–water partition coefficient (Wildman–Crippen LogP) is 3.35. The highest BCUT2D eigenvalue weighted by Crippen LogP contribution is 2.21. The van der Waals surface area contributed by atoms with Crippen LogP contribution in [0.5, 0.6) is 5.88 Å². The monoisotopic (exact) mass is 455 g/mol. The average molecular weight is 455 g/mol. The van der Waals surface area contributed by atoms with E-state index in [2.05, 4.69) is 4.98 Å². The summed E-state index contributed by atoms with van der Waals surface area (Å²) in [6.45, 7) is 1.27. The number of rotatable bonds is 3. The molecule has 1 aliphatic heterocycles. The molecule has 3 aromatic rings. The molecule has 0 saturated carbocycles. The number of hydrogen-bond acceptors (Lipinski definition) is 5. The van der Waals surface area contributed by atoms with Gasteiger partial charge in [0.05, 0.1) is 31.5 Å². The number of carbonyl (C=O) groups is 2. The van der Waals surface area contributed by atoms with Gasteiger partial charge in [-0.2, -0.15) is 13.2 Å². The Labute approximate surface area is 178 Å². The topological polar surface area (TPSA) is 97.8 Å². The molecule has 1 unspecified atom stereocenters. The van der Waals surface area contributed by atoms with E-state index < -0.39 is 24.1 Å². The van der Waals surface area contributed by atoms with Crippen LogP contribution < -0.4 is 4.74 Å². The molecule has 0 aliphatic carbocycles. The predicted molar refractivity (Wildman–Crippen MR) is 100 cm³/mol. The summed E-state index contributed by atoms with van der Waals surface area (Å²) in [6.07, 6.45) is 0.775. The summed E-state index contributed by atoms with van der Waals surface area (Å²) in [6, 6.07) is 8.31. The maximum absolute atomic E-state index is 13.9. The molecule has 0 aromatic carbocycles. The Kier molecular flexibility index (Phi) is 6.81. The minimum atomic E-state index is -5.08. The van der Waals surface area contributed by atoms with Crippen molar-refractivity contribution >= 4 is 11.9 Å². The van der Waals surface area contributed by atoms with Crippen LogP contribution in [0.25, 0.3) is 0 Å². The van der Waals surface area contributed by atoms with Gasteiger partial charge in [0, 0.05) is 18.1 Å². The first-order valence-electron chi connectivity index (χ1n) is 9.18. The highest BCUT2D eigenvalue weighted by atomic mass is 19.4. The van der Waals surface area contributed by atoms with E-state index in [1.54, 1.807) is 11.0 Å². The molecule has 170 valence electrons. The van der Waals surface area contributed by atoms with Gasteiger partial charge in [-0.05, 0) is 30.3 Å². The molecule has 0 spiro atoms. The van der Waals surface area contributed by atoms with Crippen LogP contribution in [0.3, 0.4) is 0 Å². The highest BCUT2D eigenvalue weighted by molar-refractivity contribution is 5.93. The molecular formula is C20H17F4N3O5. The fourth-order valence-corrected chi connectivity index (χ4v) is 2.97. The number of carbonyl (C=O) groups excluding carboxylic acids is 1. The van der Waals surface area contributed by atoms with Crippen molar-refractivity contribution in [2.45, 2.75) is 25.4 Å². The molecule has 12 heteroatoms. The third-order valence-corrected chi connectivity index (χ3v) is 4.40. The van der Waals surface area contributed by atoms with E-state index in [1.807, 2.05) is 22.9 Å². The van der Waals surface area contributed by atoms with Crippen LogP contribution >= 0.6 is 0 Å². The molecule has 0 bridgehead atoms. The first kappa shape index (κ1) is 22.8. The smallest absolute Gasteiger partial charge is 0.475 e. The Hall–Kier alpha value is -3.83. The lowest BCUT2D eigenvalue weighted by molar-refractivity contribution is -0.192. The molecule has 0 fully saturated rings. The molecule has 0 saturated heterocycles. The van der Waals surface area contributed by atoms with Gasteiger partial charge in [-0.15, -0.1) is 0 Å². The number of furan rings is 1. The maximum Gasteiger partial charge on any atom is 0.490 e. The molecule has 4 rings (SSSR count). The summed E-state index contributed by atoms with van der Waals surface area (Å²) >= 11 is 0. The van der Waals surface area contributed by atoms with Crippen LogP contribution in [0, 0.1) is 5.82 Å². The second-order valence-corrected chi connectivity index (χ2v) is 6.68. The van der Waals surface area contributed by atoms with Crippen LogP contribution in [0.4, 0.5) is 17.6 Å². The summed E-state index contributed by atoms with van der Waals surface area (Å²) in [5.41, 5.74) is 1.47. The Bertz CT molecular complexity index is 1070. The summed E-state index contributed by atoms with van der Waals surface area (Å²) in [4.78, 5) is 27.2. The van der Waals surface area contributed by atoms with Crippen molar-refractivity contribution in [3.63, 3.8) is 0 Å². The SMILES string of the molecule is O=C(O)C(F)(F)F.O=C(c1ccoc1)N1Cc2cccn2CC(Oc2ncccc2F)C1. The fraction of sp³-hybridized carbons (Fsp3) is 0.250. The summed E-state index contributed by atoms with van der Waals surface area (Å²) < 4.78 is 58.4. The quantitative estimate of drug-likeness (QED) is 0.609. The van der Waals surface area contributed by atoms with Crippen LogP contribution in [0.1, 0.15) is 16.1 Å². The zero-order valence-corrected chi connectivity index (χ0v) is 16.3. The van der Waals surface area contributed by atoms with Gasteiger partial charge in [0.2, 0.25) is 0 Å². The zero-order chi connectivity index (χ0) is 23.3. The minimum absolute atomic E-state index is 0.0567. The molecule has 32 heavy (non-hydrogen) atoms. The van der Waals surface area contributed by atoms with Crippen LogP contribution in [-0.2, 0) is 17.9 Å². The number of carboxylic acids is 1. The van der Waals surface area contributed by atoms with E-state index in [0.29, 0.717) is 25.2 Å². The van der Waals surface area contributed by atoms with Crippen molar-refractivity contribution in [2.75, 3.05) is 6.54 Å². The number of amides is 1. The molecule has 1 N–H and O–H groups in total. The van der Waals surface area contributed by atoms with Gasteiger partial charge >= 0.3 is 12.1 Å². The molecular weight excluding hydrogens is 438 g/mol. The number of aliphatic carboxylic acids is 1.